The van der Waals surface area contributed by atoms with E-state index in [0.29, 0.717) is 17.0 Å². The van der Waals surface area contributed by atoms with E-state index in [1.165, 1.54) is 4.90 Å². The monoisotopic (exact) mass is 348 g/mol. The number of benzene rings is 3. The number of hydrogen-bond acceptors (Lipinski definition) is 3. The van der Waals surface area contributed by atoms with Crippen LogP contribution in [0.25, 0.3) is 10.8 Å². The lowest BCUT2D eigenvalue weighted by atomic mass is 10.0. The molecule has 1 N–H and O–H groups in total. The van der Waals surface area contributed by atoms with Crippen LogP contribution in [0.2, 0.25) is 0 Å². The third-order valence-electron chi connectivity index (χ3n) is 4.01. The molecule has 0 bridgehead atoms. The summed E-state index contributed by atoms with van der Waals surface area (Å²) >= 11 is 0. The fourth-order valence-corrected chi connectivity index (χ4v) is 2.53. The van der Waals surface area contributed by atoms with Crippen molar-refractivity contribution in [3.63, 3.8) is 0 Å². The first-order chi connectivity index (χ1) is 12.5. The zero-order valence-electron chi connectivity index (χ0n) is 14.7. The lowest BCUT2D eigenvalue weighted by molar-refractivity contribution is -0.130. The molecule has 5 heteroatoms. The Morgan fingerprint density at radius 3 is 2.35 bits per heavy atom. The molecule has 0 aliphatic carbocycles. The van der Waals surface area contributed by atoms with Crippen LogP contribution in [-0.2, 0) is 4.79 Å². The Hall–Kier alpha value is -3.34. The van der Waals surface area contributed by atoms with Crippen LogP contribution in [0.5, 0.6) is 5.75 Å². The van der Waals surface area contributed by atoms with Gasteiger partial charge in [0.2, 0.25) is 0 Å². The smallest absolute Gasteiger partial charge is 0.259 e. The van der Waals surface area contributed by atoms with Gasteiger partial charge < -0.3 is 15.0 Å². The fraction of sp³-hybridized carbons (Fsp3) is 0.143. The predicted octanol–water partition coefficient (Wildman–Crippen LogP) is 3.56. The highest BCUT2D eigenvalue weighted by atomic mass is 16.5. The lowest BCUT2D eigenvalue weighted by Crippen LogP contribution is -2.27. The van der Waals surface area contributed by atoms with Crippen LogP contribution < -0.4 is 10.1 Å². The number of fused-ring (bicyclic) bond motifs is 1. The zero-order valence-corrected chi connectivity index (χ0v) is 14.7. The summed E-state index contributed by atoms with van der Waals surface area (Å²) in [5, 5.41) is 4.83. The van der Waals surface area contributed by atoms with E-state index in [9.17, 15) is 9.59 Å². The average molecular weight is 348 g/mol. The van der Waals surface area contributed by atoms with Gasteiger partial charge in [-0.05, 0) is 41.1 Å². The maximum Gasteiger partial charge on any atom is 0.259 e. The number of likely N-dealkylation sites (N-methyl/N-ethyl adjacent to an activating group) is 1. The summed E-state index contributed by atoms with van der Waals surface area (Å²) < 4.78 is 5.43. The van der Waals surface area contributed by atoms with E-state index >= 15 is 0 Å². The minimum absolute atomic E-state index is 0.0191. The van der Waals surface area contributed by atoms with E-state index in [-0.39, 0.29) is 18.4 Å². The van der Waals surface area contributed by atoms with Gasteiger partial charge in [0, 0.05) is 25.3 Å². The summed E-state index contributed by atoms with van der Waals surface area (Å²) in [5.41, 5.74) is 1.29. The Morgan fingerprint density at radius 2 is 1.62 bits per heavy atom. The molecule has 0 aromatic heterocycles. The van der Waals surface area contributed by atoms with Crippen LogP contribution in [0.15, 0.2) is 66.7 Å². The van der Waals surface area contributed by atoms with Crippen molar-refractivity contribution in [3.05, 3.63) is 72.3 Å². The van der Waals surface area contributed by atoms with Gasteiger partial charge in [0.05, 0.1) is 0 Å². The molecular formula is C21H20N2O3. The summed E-state index contributed by atoms with van der Waals surface area (Å²) in [7, 11) is 3.36. The standard InChI is InChI=1S/C21H20N2O3/c1-23(2)20(24)14-26-17-12-10-16(11-13-17)22-21(25)19-9-5-7-15-6-3-4-8-18(15)19/h3-13H,14H2,1-2H3,(H,22,25). The minimum atomic E-state index is -0.168. The summed E-state index contributed by atoms with van der Waals surface area (Å²) in [6, 6.07) is 20.4. The van der Waals surface area contributed by atoms with Crippen molar-refractivity contribution in [2.24, 2.45) is 0 Å². The molecule has 0 aliphatic rings. The van der Waals surface area contributed by atoms with Crippen LogP contribution in [-0.4, -0.2) is 37.4 Å². The molecule has 0 heterocycles. The van der Waals surface area contributed by atoms with Crippen LogP contribution in [0.4, 0.5) is 5.69 Å². The number of hydrogen-bond donors (Lipinski definition) is 1. The van der Waals surface area contributed by atoms with Gasteiger partial charge in [-0.25, -0.2) is 0 Å². The number of ether oxygens (including phenoxy) is 1. The summed E-state index contributed by atoms with van der Waals surface area (Å²) in [5.74, 6) is 0.292. The number of nitrogens with zero attached hydrogens (tertiary/aromatic N) is 1. The summed E-state index contributed by atoms with van der Waals surface area (Å²) in [6.45, 7) is -0.0191. The zero-order chi connectivity index (χ0) is 18.5. The molecule has 0 aliphatic heterocycles. The number of rotatable bonds is 5. The maximum absolute atomic E-state index is 12.6. The Kier molecular flexibility index (Phi) is 5.17. The highest BCUT2D eigenvalue weighted by Gasteiger charge is 2.10. The summed E-state index contributed by atoms with van der Waals surface area (Å²) in [4.78, 5) is 25.6. The molecule has 0 spiro atoms. The molecule has 0 saturated carbocycles. The second-order valence-electron chi connectivity index (χ2n) is 6.08. The molecule has 0 fully saturated rings. The van der Waals surface area contributed by atoms with E-state index in [0.717, 1.165) is 10.8 Å². The van der Waals surface area contributed by atoms with Crippen LogP contribution in [0.3, 0.4) is 0 Å². The highest BCUT2D eigenvalue weighted by Crippen LogP contribution is 2.21. The first-order valence-corrected chi connectivity index (χ1v) is 8.27. The van der Waals surface area contributed by atoms with Crippen molar-refractivity contribution in [1.82, 2.24) is 4.90 Å². The number of amides is 2. The Bertz CT molecular complexity index is 928. The van der Waals surface area contributed by atoms with E-state index in [4.69, 9.17) is 4.74 Å². The minimum Gasteiger partial charge on any atom is -0.484 e. The lowest BCUT2D eigenvalue weighted by Gasteiger charge is -2.12. The predicted molar refractivity (Wildman–Crippen MR) is 103 cm³/mol. The highest BCUT2D eigenvalue weighted by molar-refractivity contribution is 6.12. The molecule has 0 atom stereocenters. The second-order valence-corrected chi connectivity index (χ2v) is 6.08. The maximum atomic E-state index is 12.6. The first-order valence-electron chi connectivity index (χ1n) is 8.27. The van der Waals surface area contributed by atoms with Crippen molar-refractivity contribution >= 4 is 28.3 Å². The van der Waals surface area contributed by atoms with E-state index < -0.39 is 0 Å². The quantitative estimate of drug-likeness (QED) is 0.767. The van der Waals surface area contributed by atoms with Crippen LogP contribution in [0.1, 0.15) is 10.4 Å². The second kappa shape index (κ2) is 7.70. The Labute approximate surface area is 152 Å². The molecule has 2 amide bonds. The Balaban J connectivity index is 1.69. The molecular weight excluding hydrogens is 328 g/mol. The van der Waals surface area contributed by atoms with Crippen LogP contribution in [0, 0.1) is 0 Å². The van der Waals surface area contributed by atoms with Gasteiger partial charge in [-0.15, -0.1) is 0 Å². The van der Waals surface area contributed by atoms with Gasteiger partial charge in [-0.2, -0.15) is 0 Å². The molecule has 3 aromatic rings. The molecule has 0 unspecified atom stereocenters. The van der Waals surface area contributed by atoms with Crippen molar-refractivity contribution < 1.29 is 14.3 Å². The average Bonchev–Trinajstić information content (AvgIpc) is 2.66. The van der Waals surface area contributed by atoms with Gasteiger partial charge in [-0.1, -0.05) is 36.4 Å². The number of nitrogens with one attached hydrogen (secondary N) is 1. The molecule has 5 nitrogen and oxygen atoms in total. The molecule has 26 heavy (non-hydrogen) atoms. The molecule has 0 radical (unpaired) electrons. The van der Waals surface area contributed by atoms with Crippen molar-refractivity contribution in [2.45, 2.75) is 0 Å². The van der Waals surface area contributed by atoms with Crippen molar-refractivity contribution in [2.75, 3.05) is 26.0 Å². The third-order valence-corrected chi connectivity index (χ3v) is 4.01. The molecule has 3 aromatic carbocycles. The Morgan fingerprint density at radius 1 is 0.923 bits per heavy atom. The van der Waals surface area contributed by atoms with Gasteiger partial charge in [0.15, 0.2) is 6.61 Å². The van der Waals surface area contributed by atoms with Gasteiger partial charge in [0.1, 0.15) is 5.75 Å². The molecule has 3 rings (SSSR count). The van der Waals surface area contributed by atoms with Crippen LogP contribution >= 0.6 is 0 Å². The number of anilines is 1. The normalized spacial score (nSPS) is 10.4. The first kappa shape index (κ1) is 17.5. The van der Waals surface area contributed by atoms with Gasteiger partial charge in [-0.3, -0.25) is 9.59 Å². The number of carbonyl (C=O) groups excluding carboxylic acids is 2. The largest absolute Gasteiger partial charge is 0.484 e. The van der Waals surface area contributed by atoms with Crippen molar-refractivity contribution in [3.8, 4) is 5.75 Å². The third kappa shape index (κ3) is 4.00. The summed E-state index contributed by atoms with van der Waals surface area (Å²) in [6.07, 6.45) is 0. The van der Waals surface area contributed by atoms with Crippen molar-refractivity contribution in [1.29, 1.82) is 0 Å². The van der Waals surface area contributed by atoms with Gasteiger partial charge >= 0.3 is 0 Å². The number of carbonyl (C=O) groups is 2. The van der Waals surface area contributed by atoms with E-state index in [1.54, 1.807) is 38.4 Å². The SMILES string of the molecule is CN(C)C(=O)COc1ccc(NC(=O)c2cccc3ccccc23)cc1. The molecule has 0 saturated heterocycles. The van der Waals surface area contributed by atoms with Gasteiger partial charge in [0.25, 0.3) is 11.8 Å². The van der Waals surface area contributed by atoms with E-state index in [2.05, 4.69) is 5.32 Å². The molecule has 132 valence electrons. The van der Waals surface area contributed by atoms with E-state index in [1.807, 2.05) is 42.5 Å². The topological polar surface area (TPSA) is 58.6 Å². The fourth-order valence-electron chi connectivity index (χ4n) is 2.53.